The Balaban J connectivity index is 5.21. The molecular weight excluding hydrogens is 356 g/mol. The number of hydrogen-bond donors (Lipinski definition) is 2. The van der Waals surface area contributed by atoms with E-state index in [-0.39, 0.29) is 0 Å². The van der Waals surface area contributed by atoms with Crippen LogP contribution in [0, 0.1) is 0 Å². The van der Waals surface area contributed by atoms with Gasteiger partial charge in [-0.25, -0.2) is 14.4 Å². The first kappa shape index (κ1) is 23.9. The van der Waals surface area contributed by atoms with E-state index in [1.165, 1.54) is 6.92 Å². The number of carbonyl (C=O) groups excluding carboxylic acids is 2. The molecule has 0 aliphatic heterocycles. The molecule has 0 saturated carbocycles. The Labute approximate surface area is 151 Å². The van der Waals surface area contributed by atoms with Gasteiger partial charge < -0.3 is 24.6 Å². The lowest BCUT2D eigenvalue weighted by atomic mass is 10.0. The van der Waals surface area contributed by atoms with Crippen LogP contribution in [0.1, 0.15) is 54.9 Å². The molecule has 26 heavy (non-hydrogen) atoms. The van der Waals surface area contributed by atoms with Gasteiger partial charge in [0.1, 0.15) is 17.3 Å². The summed E-state index contributed by atoms with van der Waals surface area (Å²) in [6.45, 7) is 10.6. The van der Waals surface area contributed by atoms with Gasteiger partial charge in [-0.3, -0.25) is 0 Å². The summed E-state index contributed by atoms with van der Waals surface area (Å²) in [6.07, 6.45) is -4.79. The Hall–Kier alpha value is -2.13. The standard InChI is InChI=1S/C16H27F2NO7/c1-9(24-13(23)26-15(5,6)7)10(8-16(17,18)11(20)21)19-12(22)25-14(2,3)4/h9-10H,8H2,1-7H3,(H,19,22)(H,20,21). The fraction of sp³-hybridized carbons (Fsp3) is 0.812. The summed E-state index contributed by atoms with van der Waals surface area (Å²) in [5, 5.41) is 10.7. The molecule has 152 valence electrons. The van der Waals surface area contributed by atoms with Crippen LogP contribution in [0.3, 0.4) is 0 Å². The third-order valence-corrected chi connectivity index (χ3v) is 2.73. The van der Waals surface area contributed by atoms with Crippen LogP contribution in [0.2, 0.25) is 0 Å². The highest BCUT2D eigenvalue weighted by atomic mass is 19.3. The molecule has 0 aromatic rings. The van der Waals surface area contributed by atoms with Gasteiger partial charge >= 0.3 is 24.1 Å². The molecule has 0 aromatic carbocycles. The van der Waals surface area contributed by atoms with Crippen molar-refractivity contribution in [2.45, 2.75) is 84.2 Å². The Morgan fingerprint density at radius 2 is 1.46 bits per heavy atom. The number of ether oxygens (including phenoxy) is 3. The summed E-state index contributed by atoms with van der Waals surface area (Å²) in [4.78, 5) is 34.2. The summed E-state index contributed by atoms with van der Waals surface area (Å²) in [6, 6.07) is -1.52. The third kappa shape index (κ3) is 10.00. The highest BCUT2D eigenvalue weighted by molar-refractivity contribution is 5.75. The minimum absolute atomic E-state index is 0.879. The van der Waals surface area contributed by atoms with Gasteiger partial charge in [-0.05, 0) is 48.5 Å². The first-order valence-electron chi connectivity index (χ1n) is 7.93. The number of halogens is 2. The van der Waals surface area contributed by atoms with Crippen molar-refractivity contribution in [1.82, 2.24) is 5.32 Å². The van der Waals surface area contributed by atoms with Crippen LogP contribution in [-0.4, -0.2) is 52.6 Å². The Kier molecular flexibility index (Phi) is 7.81. The van der Waals surface area contributed by atoms with Gasteiger partial charge in [0.25, 0.3) is 0 Å². The summed E-state index contributed by atoms with van der Waals surface area (Å²) in [5.41, 5.74) is -1.78. The second kappa shape index (κ2) is 8.50. The van der Waals surface area contributed by atoms with Gasteiger partial charge in [0.05, 0.1) is 6.04 Å². The fourth-order valence-electron chi connectivity index (χ4n) is 1.66. The number of aliphatic carboxylic acids is 1. The van der Waals surface area contributed by atoms with Gasteiger partial charge in [-0.1, -0.05) is 0 Å². The van der Waals surface area contributed by atoms with Gasteiger partial charge in [-0.2, -0.15) is 8.78 Å². The van der Waals surface area contributed by atoms with Crippen molar-refractivity contribution in [2.75, 3.05) is 0 Å². The van der Waals surface area contributed by atoms with Crippen LogP contribution in [0.5, 0.6) is 0 Å². The van der Waals surface area contributed by atoms with Crippen LogP contribution in [0.15, 0.2) is 0 Å². The molecule has 0 heterocycles. The van der Waals surface area contributed by atoms with Crippen LogP contribution >= 0.6 is 0 Å². The molecule has 0 fully saturated rings. The molecule has 10 heteroatoms. The van der Waals surface area contributed by atoms with Crippen molar-refractivity contribution in [2.24, 2.45) is 0 Å². The zero-order valence-corrected chi connectivity index (χ0v) is 16.0. The largest absolute Gasteiger partial charge is 0.509 e. The zero-order chi connectivity index (χ0) is 20.9. The minimum atomic E-state index is -4.15. The number of nitrogens with one attached hydrogen (secondary N) is 1. The maximum absolute atomic E-state index is 13.6. The number of alkyl halides is 2. The van der Waals surface area contributed by atoms with Crippen LogP contribution in [-0.2, 0) is 19.0 Å². The first-order valence-corrected chi connectivity index (χ1v) is 7.93. The van der Waals surface area contributed by atoms with Crippen molar-refractivity contribution in [3.63, 3.8) is 0 Å². The minimum Gasteiger partial charge on any atom is -0.477 e. The van der Waals surface area contributed by atoms with Gasteiger partial charge in [-0.15, -0.1) is 0 Å². The maximum Gasteiger partial charge on any atom is 0.509 e. The first-order chi connectivity index (χ1) is 11.4. The van der Waals surface area contributed by atoms with Crippen LogP contribution < -0.4 is 5.32 Å². The SMILES string of the molecule is CC(OC(=O)OC(C)(C)C)C(CC(F)(F)C(=O)O)NC(=O)OC(C)(C)C. The molecule has 0 aliphatic carbocycles. The second-order valence-electron chi connectivity index (χ2n) is 7.75. The van der Waals surface area contributed by atoms with Crippen molar-refractivity contribution in [3.05, 3.63) is 0 Å². The van der Waals surface area contributed by atoms with E-state index < -0.39 is 53.9 Å². The van der Waals surface area contributed by atoms with Crippen molar-refractivity contribution in [3.8, 4) is 0 Å². The van der Waals surface area contributed by atoms with E-state index in [0.29, 0.717) is 0 Å². The number of rotatable bonds is 6. The summed E-state index contributed by atoms with van der Waals surface area (Å²) in [7, 11) is 0. The molecule has 0 radical (unpaired) electrons. The number of hydrogen-bond acceptors (Lipinski definition) is 6. The number of amides is 1. The van der Waals surface area contributed by atoms with Gasteiger partial charge in [0.15, 0.2) is 0 Å². The van der Waals surface area contributed by atoms with Gasteiger partial charge in [0, 0.05) is 6.42 Å². The topological polar surface area (TPSA) is 111 Å². The van der Waals surface area contributed by atoms with Crippen LogP contribution in [0.4, 0.5) is 18.4 Å². The van der Waals surface area contributed by atoms with Gasteiger partial charge in [0.2, 0.25) is 0 Å². The number of carbonyl (C=O) groups is 3. The molecule has 0 bridgehead atoms. The zero-order valence-electron chi connectivity index (χ0n) is 16.0. The number of carboxylic acids is 1. The van der Waals surface area contributed by atoms with E-state index in [1.807, 2.05) is 0 Å². The van der Waals surface area contributed by atoms with Crippen molar-refractivity contribution < 1.29 is 42.5 Å². The van der Waals surface area contributed by atoms with E-state index in [4.69, 9.17) is 19.3 Å². The molecule has 0 rings (SSSR count). The highest BCUT2D eigenvalue weighted by Crippen LogP contribution is 2.24. The quantitative estimate of drug-likeness (QED) is 0.677. The smallest absolute Gasteiger partial charge is 0.477 e. The van der Waals surface area contributed by atoms with Crippen molar-refractivity contribution >= 4 is 18.2 Å². The fourth-order valence-corrected chi connectivity index (χ4v) is 1.66. The summed E-state index contributed by atoms with van der Waals surface area (Å²) < 4.78 is 41.9. The number of carboxylic acid groups (broad SMARTS) is 1. The average Bonchev–Trinajstić information content (AvgIpc) is 2.32. The molecule has 2 unspecified atom stereocenters. The Morgan fingerprint density at radius 3 is 1.85 bits per heavy atom. The van der Waals surface area contributed by atoms with E-state index in [2.05, 4.69) is 5.32 Å². The normalized spacial score (nSPS) is 14.8. The highest BCUT2D eigenvalue weighted by Gasteiger charge is 2.44. The molecule has 1 amide bonds. The van der Waals surface area contributed by atoms with Crippen LogP contribution in [0.25, 0.3) is 0 Å². The predicted octanol–water partition coefficient (Wildman–Crippen LogP) is 3.33. The molecular formula is C16H27F2NO7. The molecule has 0 aliphatic rings. The van der Waals surface area contributed by atoms with E-state index >= 15 is 0 Å². The Bertz CT molecular complexity index is 524. The maximum atomic E-state index is 13.6. The lowest BCUT2D eigenvalue weighted by molar-refractivity contribution is -0.167. The summed E-state index contributed by atoms with van der Waals surface area (Å²) >= 11 is 0. The van der Waals surface area contributed by atoms with E-state index in [1.54, 1.807) is 41.5 Å². The Morgan fingerprint density at radius 1 is 1.00 bits per heavy atom. The molecule has 2 atom stereocenters. The molecule has 8 nitrogen and oxygen atoms in total. The molecule has 0 spiro atoms. The summed E-state index contributed by atoms with van der Waals surface area (Å²) in [5.74, 6) is -6.51. The lowest BCUT2D eigenvalue weighted by Gasteiger charge is -2.29. The predicted molar refractivity (Wildman–Crippen MR) is 87.1 cm³/mol. The molecule has 0 saturated heterocycles. The third-order valence-electron chi connectivity index (χ3n) is 2.73. The average molecular weight is 383 g/mol. The molecule has 0 aromatic heterocycles. The number of alkyl carbamates (subject to hydrolysis) is 1. The molecule has 2 N–H and O–H groups in total. The lowest BCUT2D eigenvalue weighted by Crippen LogP contribution is -2.50. The monoisotopic (exact) mass is 383 g/mol. The van der Waals surface area contributed by atoms with Crippen molar-refractivity contribution in [1.29, 1.82) is 0 Å². The van der Waals surface area contributed by atoms with E-state index in [9.17, 15) is 23.2 Å². The van der Waals surface area contributed by atoms with E-state index in [0.717, 1.165) is 0 Å². The second-order valence-corrected chi connectivity index (χ2v) is 7.75.